The number of aryl methyl sites for hydroxylation is 1. The number of carbonyl (C=O) groups is 1. The Labute approximate surface area is 197 Å². The molecule has 0 spiro atoms. The molecule has 8 heteroatoms. The van der Waals surface area contributed by atoms with E-state index >= 15 is 0 Å². The minimum absolute atomic E-state index is 0.00342. The summed E-state index contributed by atoms with van der Waals surface area (Å²) in [5.41, 5.74) is 4.77. The maximum Gasteiger partial charge on any atom is 0.269 e. The molecule has 8 nitrogen and oxygen atoms in total. The van der Waals surface area contributed by atoms with Gasteiger partial charge in [0.1, 0.15) is 12.4 Å². The topological polar surface area (TPSA) is 99.3 Å². The van der Waals surface area contributed by atoms with Gasteiger partial charge in [-0.2, -0.15) is 5.10 Å². The van der Waals surface area contributed by atoms with Gasteiger partial charge in [0.05, 0.1) is 28.5 Å². The zero-order valence-electron chi connectivity index (χ0n) is 18.9. The number of ether oxygens (including phenoxy) is 1. The zero-order chi connectivity index (χ0) is 24.1. The lowest BCUT2D eigenvalue weighted by atomic mass is 10.1. The maximum atomic E-state index is 13.0. The molecule has 172 valence electrons. The zero-order valence-corrected chi connectivity index (χ0v) is 18.9. The SMILES string of the molecule is Cc1nn(Cc2ccccc2)c(C)c1NC(=O)c1cccc(COc2ccc([N+](=O)[O-])cc2)c1. The molecule has 0 radical (unpaired) electrons. The van der Waals surface area contributed by atoms with Crippen LogP contribution in [0, 0.1) is 24.0 Å². The summed E-state index contributed by atoms with van der Waals surface area (Å²) in [7, 11) is 0. The van der Waals surface area contributed by atoms with Crippen LogP contribution in [0.1, 0.15) is 32.9 Å². The van der Waals surface area contributed by atoms with Gasteiger partial charge in [0, 0.05) is 17.7 Å². The molecule has 0 aliphatic heterocycles. The number of nitro groups is 1. The molecule has 4 rings (SSSR count). The number of rotatable bonds is 8. The molecule has 0 saturated heterocycles. The average Bonchev–Trinajstić information content (AvgIpc) is 3.11. The lowest BCUT2D eigenvalue weighted by molar-refractivity contribution is -0.384. The normalized spacial score (nSPS) is 10.6. The molecule has 3 aromatic carbocycles. The molecule has 0 unspecified atom stereocenters. The first kappa shape index (κ1) is 22.7. The predicted molar refractivity (Wildman–Crippen MR) is 129 cm³/mol. The first-order chi connectivity index (χ1) is 16.4. The molecule has 0 fully saturated rings. The molecule has 1 heterocycles. The molecule has 0 aliphatic carbocycles. The fourth-order valence-electron chi connectivity index (χ4n) is 3.61. The number of amides is 1. The van der Waals surface area contributed by atoms with E-state index in [-0.39, 0.29) is 18.2 Å². The van der Waals surface area contributed by atoms with E-state index in [1.54, 1.807) is 30.3 Å². The van der Waals surface area contributed by atoms with Gasteiger partial charge in [-0.05, 0) is 49.2 Å². The molecular formula is C26H24N4O4. The highest BCUT2D eigenvalue weighted by molar-refractivity contribution is 6.05. The van der Waals surface area contributed by atoms with Gasteiger partial charge >= 0.3 is 0 Å². The average molecular weight is 457 g/mol. The van der Waals surface area contributed by atoms with Gasteiger partial charge < -0.3 is 10.1 Å². The number of nitrogens with one attached hydrogen (secondary N) is 1. The van der Waals surface area contributed by atoms with Gasteiger partial charge in [-0.25, -0.2) is 0 Å². The third-order valence-corrected chi connectivity index (χ3v) is 5.44. The molecule has 0 aliphatic rings. The number of hydrogen-bond donors (Lipinski definition) is 1. The largest absolute Gasteiger partial charge is 0.489 e. The third-order valence-electron chi connectivity index (χ3n) is 5.44. The Morgan fingerprint density at radius 1 is 1.00 bits per heavy atom. The van der Waals surface area contributed by atoms with Gasteiger partial charge in [-0.1, -0.05) is 42.5 Å². The van der Waals surface area contributed by atoms with Crippen molar-refractivity contribution in [3.8, 4) is 5.75 Å². The second-order valence-corrected chi connectivity index (χ2v) is 7.88. The van der Waals surface area contributed by atoms with Crippen LogP contribution >= 0.6 is 0 Å². The molecule has 0 bridgehead atoms. The number of carbonyl (C=O) groups excluding carboxylic acids is 1. The van der Waals surface area contributed by atoms with Crippen LogP contribution in [0.2, 0.25) is 0 Å². The number of benzene rings is 3. The summed E-state index contributed by atoms with van der Waals surface area (Å²) in [4.78, 5) is 23.3. The molecule has 0 saturated carbocycles. The lowest BCUT2D eigenvalue weighted by Gasteiger charge is -2.09. The highest BCUT2D eigenvalue weighted by Crippen LogP contribution is 2.22. The molecule has 4 aromatic rings. The Morgan fingerprint density at radius 2 is 1.71 bits per heavy atom. The van der Waals surface area contributed by atoms with E-state index in [0.717, 1.165) is 22.5 Å². The maximum absolute atomic E-state index is 13.0. The van der Waals surface area contributed by atoms with E-state index in [9.17, 15) is 14.9 Å². The minimum atomic E-state index is -0.458. The van der Waals surface area contributed by atoms with Gasteiger partial charge in [-0.15, -0.1) is 0 Å². The van der Waals surface area contributed by atoms with E-state index < -0.39 is 4.92 Å². The first-order valence-electron chi connectivity index (χ1n) is 10.8. The predicted octanol–water partition coefficient (Wildman–Crippen LogP) is 5.29. The van der Waals surface area contributed by atoms with Gasteiger partial charge in [0.2, 0.25) is 0 Å². The van der Waals surface area contributed by atoms with Crippen molar-refractivity contribution < 1.29 is 14.5 Å². The van der Waals surface area contributed by atoms with Crippen LogP contribution < -0.4 is 10.1 Å². The summed E-state index contributed by atoms with van der Waals surface area (Å²) >= 11 is 0. The van der Waals surface area contributed by atoms with Crippen molar-refractivity contribution in [2.75, 3.05) is 5.32 Å². The summed E-state index contributed by atoms with van der Waals surface area (Å²) in [5, 5.41) is 18.4. The second-order valence-electron chi connectivity index (χ2n) is 7.88. The van der Waals surface area contributed by atoms with E-state index in [0.29, 0.717) is 23.5 Å². The summed E-state index contributed by atoms with van der Waals surface area (Å²) in [6, 6.07) is 23.1. The first-order valence-corrected chi connectivity index (χ1v) is 10.8. The highest BCUT2D eigenvalue weighted by atomic mass is 16.6. The highest BCUT2D eigenvalue weighted by Gasteiger charge is 2.16. The van der Waals surface area contributed by atoms with Gasteiger partial charge in [0.15, 0.2) is 0 Å². The van der Waals surface area contributed by atoms with Crippen LogP contribution in [-0.4, -0.2) is 20.6 Å². The number of anilines is 1. The Bertz CT molecular complexity index is 1310. The second kappa shape index (κ2) is 9.99. The number of nitrogens with zero attached hydrogens (tertiary/aromatic N) is 3. The van der Waals surface area contributed by atoms with E-state index in [1.807, 2.05) is 54.9 Å². The number of nitro benzene ring substituents is 1. The van der Waals surface area contributed by atoms with Crippen molar-refractivity contribution in [1.82, 2.24) is 9.78 Å². The Hall–Kier alpha value is -4.46. The smallest absolute Gasteiger partial charge is 0.269 e. The molecular weight excluding hydrogens is 432 g/mol. The summed E-state index contributed by atoms with van der Waals surface area (Å²) < 4.78 is 7.59. The molecule has 1 N–H and O–H groups in total. The molecule has 34 heavy (non-hydrogen) atoms. The number of non-ortho nitro benzene ring substituents is 1. The number of hydrogen-bond acceptors (Lipinski definition) is 5. The van der Waals surface area contributed by atoms with Crippen molar-refractivity contribution in [3.05, 3.63) is 117 Å². The van der Waals surface area contributed by atoms with Crippen LogP contribution in [0.4, 0.5) is 11.4 Å². The third kappa shape index (κ3) is 5.29. The van der Waals surface area contributed by atoms with E-state index in [4.69, 9.17) is 4.74 Å². The van der Waals surface area contributed by atoms with Crippen LogP contribution in [0.3, 0.4) is 0 Å². The summed E-state index contributed by atoms with van der Waals surface area (Å²) in [5.74, 6) is 0.278. The molecule has 1 amide bonds. The number of aromatic nitrogens is 2. The van der Waals surface area contributed by atoms with E-state index in [1.165, 1.54) is 12.1 Å². The van der Waals surface area contributed by atoms with Crippen molar-refractivity contribution in [1.29, 1.82) is 0 Å². The van der Waals surface area contributed by atoms with Crippen molar-refractivity contribution in [2.24, 2.45) is 0 Å². The van der Waals surface area contributed by atoms with Crippen molar-refractivity contribution in [3.63, 3.8) is 0 Å². The quantitative estimate of drug-likeness (QED) is 0.287. The fourth-order valence-corrected chi connectivity index (χ4v) is 3.61. The van der Waals surface area contributed by atoms with Crippen molar-refractivity contribution in [2.45, 2.75) is 27.0 Å². The van der Waals surface area contributed by atoms with Crippen LogP contribution in [0.15, 0.2) is 78.9 Å². The molecule has 1 aromatic heterocycles. The monoisotopic (exact) mass is 456 g/mol. The Balaban J connectivity index is 1.43. The lowest BCUT2D eigenvalue weighted by Crippen LogP contribution is -2.14. The van der Waals surface area contributed by atoms with Crippen LogP contribution in [0.25, 0.3) is 0 Å². The van der Waals surface area contributed by atoms with Gasteiger partial charge in [-0.3, -0.25) is 19.6 Å². The fraction of sp³-hybridized carbons (Fsp3) is 0.154. The van der Waals surface area contributed by atoms with E-state index in [2.05, 4.69) is 10.4 Å². The van der Waals surface area contributed by atoms with Crippen molar-refractivity contribution >= 4 is 17.3 Å². The molecule has 0 atom stereocenters. The Kier molecular flexibility index (Phi) is 6.68. The van der Waals surface area contributed by atoms with Crippen LogP contribution in [0.5, 0.6) is 5.75 Å². The van der Waals surface area contributed by atoms with Gasteiger partial charge in [0.25, 0.3) is 11.6 Å². The Morgan fingerprint density at radius 3 is 2.41 bits per heavy atom. The minimum Gasteiger partial charge on any atom is -0.489 e. The summed E-state index contributed by atoms with van der Waals surface area (Å²) in [6.07, 6.45) is 0. The van der Waals surface area contributed by atoms with Crippen LogP contribution in [-0.2, 0) is 13.2 Å². The standard InChI is InChI=1S/C26H24N4O4/c1-18-25(19(2)29(28-18)16-20-7-4-3-5-8-20)27-26(31)22-10-6-9-21(15-22)17-34-24-13-11-23(12-14-24)30(32)33/h3-15H,16-17H2,1-2H3,(H,27,31). The summed E-state index contributed by atoms with van der Waals surface area (Å²) in [6.45, 7) is 4.66.